The number of rotatable bonds is 3. The predicted molar refractivity (Wildman–Crippen MR) is 58.9 cm³/mol. The number of nitrogens with one attached hydrogen (secondary N) is 1. The van der Waals surface area contributed by atoms with Crippen molar-refractivity contribution in [3.63, 3.8) is 0 Å². The summed E-state index contributed by atoms with van der Waals surface area (Å²) in [6, 6.07) is -0.344. The number of likely N-dealkylation sites (tertiary alicyclic amines) is 1. The van der Waals surface area contributed by atoms with Crippen molar-refractivity contribution in [1.29, 1.82) is 0 Å². The fraction of sp³-hybridized carbons (Fsp3) is 0.455. The Labute approximate surface area is 98.0 Å². The van der Waals surface area contributed by atoms with E-state index < -0.39 is 6.04 Å². The number of anilines is 1. The smallest absolute Gasteiger partial charge is 0.252 e. The van der Waals surface area contributed by atoms with Crippen LogP contribution in [0.15, 0.2) is 18.6 Å². The second-order valence-electron chi connectivity index (χ2n) is 4.32. The second kappa shape index (κ2) is 3.80. The molecule has 0 aromatic carbocycles. The maximum atomic E-state index is 12.0. The average molecular weight is 232 g/mol. The van der Waals surface area contributed by atoms with Gasteiger partial charge in [0.15, 0.2) is 0 Å². The van der Waals surface area contributed by atoms with Crippen LogP contribution >= 0.6 is 0 Å². The molecule has 1 aromatic rings. The van der Waals surface area contributed by atoms with Crippen LogP contribution in [-0.2, 0) is 9.59 Å². The first-order valence-corrected chi connectivity index (χ1v) is 5.64. The normalized spacial score (nSPS) is 24.2. The van der Waals surface area contributed by atoms with Crippen molar-refractivity contribution in [3.8, 4) is 0 Å². The van der Waals surface area contributed by atoms with Crippen molar-refractivity contribution in [2.75, 3.05) is 5.32 Å². The molecule has 1 saturated heterocycles. The number of carbonyl (C=O) groups excluding carboxylic acids is 2. The average Bonchev–Trinajstić information content (AvgIpc) is 3.10. The third-order valence-electron chi connectivity index (χ3n) is 2.98. The summed E-state index contributed by atoms with van der Waals surface area (Å²) < 4.78 is 0. The highest BCUT2D eigenvalue weighted by Gasteiger charge is 2.46. The topological polar surface area (TPSA) is 75.2 Å². The van der Waals surface area contributed by atoms with Crippen molar-refractivity contribution in [3.05, 3.63) is 18.6 Å². The van der Waals surface area contributed by atoms with Crippen LogP contribution in [0, 0.1) is 0 Å². The van der Waals surface area contributed by atoms with E-state index in [0.717, 1.165) is 12.8 Å². The molecule has 2 fully saturated rings. The minimum atomic E-state index is -0.486. The van der Waals surface area contributed by atoms with Crippen LogP contribution in [0.3, 0.4) is 0 Å². The van der Waals surface area contributed by atoms with Gasteiger partial charge in [0.05, 0.1) is 12.6 Å². The fourth-order valence-corrected chi connectivity index (χ4v) is 2.03. The number of carbonyl (C=O) groups is 2. The number of amides is 2. The summed E-state index contributed by atoms with van der Waals surface area (Å²) in [5, 5.41) is 2.95. The molecular formula is C11H12N4O2. The van der Waals surface area contributed by atoms with Gasteiger partial charge in [0.2, 0.25) is 5.91 Å². The molecule has 1 aliphatic carbocycles. The molecule has 2 heterocycles. The van der Waals surface area contributed by atoms with Gasteiger partial charge >= 0.3 is 0 Å². The SMILES string of the molecule is O=C1CC(Nc2cnccn2)C(=O)N1C1CC1. The Balaban J connectivity index is 1.73. The van der Waals surface area contributed by atoms with Crippen molar-refractivity contribution < 1.29 is 9.59 Å². The molecule has 1 aliphatic heterocycles. The zero-order valence-electron chi connectivity index (χ0n) is 9.17. The third-order valence-corrected chi connectivity index (χ3v) is 2.98. The lowest BCUT2D eigenvalue weighted by molar-refractivity contribution is -0.139. The maximum absolute atomic E-state index is 12.0. The zero-order valence-corrected chi connectivity index (χ0v) is 9.17. The molecule has 0 bridgehead atoms. The molecule has 0 spiro atoms. The van der Waals surface area contributed by atoms with Gasteiger partial charge < -0.3 is 5.32 Å². The van der Waals surface area contributed by atoms with Gasteiger partial charge in [-0.25, -0.2) is 4.98 Å². The van der Waals surface area contributed by atoms with Gasteiger partial charge in [-0.3, -0.25) is 19.5 Å². The number of nitrogens with zero attached hydrogens (tertiary/aromatic N) is 3. The van der Waals surface area contributed by atoms with Gasteiger partial charge in [-0.1, -0.05) is 0 Å². The van der Waals surface area contributed by atoms with Crippen LogP contribution in [0.5, 0.6) is 0 Å². The number of hydrogen-bond donors (Lipinski definition) is 1. The van der Waals surface area contributed by atoms with Crippen LogP contribution in [0.4, 0.5) is 5.82 Å². The quantitative estimate of drug-likeness (QED) is 0.752. The van der Waals surface area contributed by atoms with Crippen LogP contribution in [0.1, 0.15) is 19.3 Å². The maximum Gasteiger partial charge on any atom is 0.252 e. The van der Waals surface area contributed by atoms with E-state index in [4.69, 9.17) is 0 Å². The highest BCUT2D eigenvalue weighted by molar-refractivity contribution is 6.07. The summed E-state index contributed by atoms with van der Waals surface area (Å²) in [5.74, 6) is 0.304. The zero-order chi connectivity index (χ0) is 11.8. The van der Waals surface area contributed by atoms with E-state index in [0.29, 0.717) is 5.82 Å². The number of aromatic nitrogens is 2. The van der Waals surface area contributed by atoms with Crippen LogP contribution in [-0.4, -0.2) is 38.8 Å². The minimum Gasteiger partial charge on any atom is -0.357 e. The summed E-state index contributed by atoms with van der Waals surface area (Å²) >= 11 is 0. The first kappa shape index (κ1) is 10.2. The molecule has 0 radical (unpaired) electrons. The molecule has 2 aliphatic rings. The Hall–Kier alpha value is -1.98. The molecule has 17 heavy (non-hydrogen) atoms. The predicted octanol–water partition coefficient (Wildman–Crippen LogP) is 0.178. The fourth-order valence-electron chi connectivity index (χ4n) is 2.03. The molecule has 2 amide bonds. The Bertz CT molecular complexity index is 458. The van der Waals surface area contributed by atoms with Gasteiger partial charge in [0.1, 0.15) is 11.9 Å². The molecule has 1 aromatic heterocycles. The summed E-state index contributed by atoms with van der Waals surface area (Å²) in [5.41, 5.74) is 0. The van der Waals surface area contributed by atoms with Crippen molar-refractivity contribution in [1.82, 2.24) is 14.9 Å². The molecular weight excluding hydrogens is 220 g/mol. The van der Waals surface area contributed by atoms with Gasteiger partial charge in [-0.2, -0.15) is 0 Å². The molecule has 6 nitrogen and oxygen atoms in total. The molecule has 88 valence electrons. The Morgan fingerprint density at radius 1 is 1.29 bits per heavy atom. The lowest BCUT2D eigenvalue weighted by Gasteiger charge is -2.14. The van der Waals surface area contributed by atoms with Crippen LogP contribution in [0.25, 0.3) is 0 Å². The van der Waals surface area contributed by atoms with Crippen molar-refractivity contribution in [2.24, 2.45) is 0 Å². The first-order valence-electron chi connectivity index (χ1n) is 5.64. The lowest BCUT2D eigenvalue weighted by atomic mass is 10.2. The van der Waals surface area contributed by atoms with Gasteiger partial charge in [-0.05, 0) is 12.8 Å². The van der Waals surface area contributed by atoms with E-state index in [9.17, 15) is 9.59 Å². The minimum absolute atomic E-state index is 0.0844. The second-order valence-corrected chi connectivity index (χ2v) is 4.32. The third kappa shape index (κ3) is 1.86. The van der Waals surface area contributed by atoms with Crippen LogP contribution in [0.2, 0.25) is 0 Å². The summed E-state index contributed by atoms with van der Waals surface area (Å²) in [4.78, 5) is 33.0. The van der Waals surface area contributed by atoms with E-state index in [2.05, 4.69) is 15.3 Å². The first-order chi connectivity index (χ1) is 8.25. The van der Waals surface area contributed by atoms with E-state index in [1.54, 1.807) is 12.4 Å². The lowest BCUT2D eigenvalue weighted by Crippen LogP contribution is -2.36. The van der Waals surface area contributed by atoms with E-state index in [-0.39, 0.29) is 24.3 Å². The van der Waals surface area contributed by atoms with E-state index in [1.165, 1.54) is 11.1 Å². The largest absolute Gasteiger partial charge is 0.357 e. The molecule has 1 saturated carbocycles. The van der Waals surface area contributed by atoms with Crippen molar-refractivity contribution in [2.45, 2.75) is 31.3 Å². The summed E-state index contributed by atoms with van der Waals surface area (Å²) in [7, 11) is 0. The standard InChI is InChI=1S/C11H12N4O2/c16-10-5-8(11(17)15(10)7-1-2-7)14-9-6-12-3-4-13-9/h3-4,6-8H,1-2,5H2,(H,13,14). The Morgan fingerprint density at radius 2 is 2.12 bits per heavy atom. The van der Waals surface area contributed by atoms with Gasteiger partial charge in [0, 0.05) is 18.4 Å². The molecule has 1 N–H and O–H groups in total. The highest BCUT2D eigenvalue weighted by atomic mass is 16.2. The number of hydrogen-bond acceptors (Lipinski definition) is 5. The Kier molecular flexibility index (Phi) is 2.28. The molecule has 6 heteroatoms. The summed E-state index contributed by atoms with van der Waals surface area (Å²) in [6.07, 6.45) is 6.74. The molecule has 3 rings (SSSR count). The van der Waals surface area contributed by atoms with Gasteiger partial charge in [-0.15, -0.1) is 0 Å². The van der Waals surface area contributed by atoms with Gasteiger partial charge in [0.25, 0.3) is 5.91 Å². The van der Waals surface area contributed by atoms with Crippen LogP contribution < -0.4 is 5.32 Å². The van der Waals surface area contributed by atoms with E-state index in [1.807, 2.05) is 0 Å². The monoisotopic (exact) mass is 232 g/mol. The summed E-state index contributed by atoms with van der Waals surface area (Å²) in [6.45, 7) is 0. The van der Waals surface area contributed by atoms with E-state index >= 15 is 0 Å². The molecule has 1 atom stereocenters. The highest BCUT2D eigenvalue weighted by Crippen LogP contribution is 2.32. The molecule has 1 unspecified atom stereocenters. The Morgan fingerprint density at radius 3 is 2.76 bits per heavy atom. The van der Waals surface area contributed by atoms with Crippen molar-refractivity contribution >= 4 is 17.6 Å². The number of imide groups is 1.